The molecule has 1 aliphatic carbocycles. The first kappa shape index (κ1) is 21.0. The molecule has 0 radical (unpaired) electrons. The van der Waals surface area contributed by atoms with Crippen molar-refractivity contribution in [1.29, 1.82) is 0 Å². The molecule has 6 nitrogen and oxygen atoms in total. The Balaban J connectivity index is 1.30. The normalized spacial score (nSPS) is 30.2. The molecule has 2 N–H and O–H groups in total. The molecular formula is C25H36N4O2. The fourth-order valence-electron chi connectivity index (χ4n) is 6.20. The number of likely N-dealkylation sites (tertiary alicyclic amines) is 1. The molecule has 3 fully saturated rings. The molecule has 3 heterocycles. The van der Waals surface area contributed by atoms with Gasteiger partial charge in [0.25, 0.3) is 0 Å². The molecule has 5 rings (SSSR count). The van der Waals surface area contributed by atoms with E-state index in [4.69, 9.17) is 4.74 Å². The van der Waals surface area contributed by atoms with Gasteiger partial charge in [0.05, 0.1) is 18.6 Å². The van der Waals surface area contributed by atoms with Crippen LogP contribution in [-0.4, -0.2) is 72.7 Å². The number of carbonyl (C=O) groups excluding carboxylic acids is 1. The summed E-state index contributed by atoms with van der Waals surface area (Å²) in [7, 11) is 0. The molecule has 1 saturated carbocycles. The van der Waals surface area contributed by atoms with Crippen LogP contribution >= 0.6 is 0 Å². The first-order valence-corrected chi connectivity index (χ1v) is 12.1. The van der Waals surface area contributed by atoms with Crippen LogP contribution in [0.5, 0.6) is 0 Å². The topological polar surface area (TPSA) is 60.6 Å². The summed E-state index contributed by atoms with van der Waals surface area (Å²) >= 11 is 0. The van der Waals surface area contributed by atoms with E-state index < -0.39 is 0 Å². The molecule has 0 unspecified atom stereocenters. The van der Waals surface area contributed by atoms with Gasteiger partial charge in [-0.15, -0.1) is 0 Å². The van der Waals surface area contributed by atoms with Crippen molar-refractivity contribution < 1.29 is 9.53 Å². The number of amides is 1. The molecule has 168 valence electrons. The zero-order valence-corrected chi connectivity index (χ0v) is 18.7. The number of morpholine rings is 1. The SMILES string of the molecule is CCN1CC[C@@H]2C[C@@H](N3CCOCC3)CC[C@@]2(C(=O)NCc2ccc3cc[nH]c3c2)C1. The first-order valence-electron chi connectivity index (χ1n) is 12.1. The molecule has 0 bridgehead atoms. The third-order valence-corrected chi connectivity index (χ3v) is 8.10. The van der Waals surface area contributed by atoms with Gasteiger partial charge in [-0.05, 0) is 67.8 Å². The highest BCUT2D eigenvalue weighted by atomic mass is 16.5. The second-order valence-corrected chi connectivity index (χ2v) is 9.67. The second-order valence-electron chi connectivity index (χ2n) is 9.67. The number of piperidine rings is 1. The number of ether oxygens (including phenoxy) is 1. The molecule has 2 saturated heterocycles. The summed E-state index contributed by atoms with van der Waals surface area (Å²) in [6, 6.07) is 9.09. The van der Waals surface area contributed by atoms with Crippen molar-refractivity contribution in [2.45, 2.75) is 45.2 Å². The molecule has 0 spiro atoms. The summed E-state index contributed by atoms with van der Waals surface area (Å²) in [4.78, 5) is 22.1. The fraction of sp³-hybridized carbons (Fsp3) is 0.640. The largest absolute Gasteiger partial charge is 0.379 e. The summed E-state index contributed by atoms with van der Waals surface area (Å²) in [5, 5.41) is 4.55. The first-order chi connectivity index (χ1) is 15.2. The van der Waals surface area contributed by atoms with E-state index in [0.717, 1.165) is 82.7 Å². The Morgan fingerprint density at radius 3 is 2.94 bits per heavy atom. The average molecular weight is 425 g/mol. The number of aromatic amines is 1. The standard InChI is InChI=1S/C25H36N4O2/c1-2-28-10-7-21-16-22(29-11-13-31-14-12-29)5-8-25(21,18-28)24(30)27-17-19-3-4-20-6-9-26-23(20)15-19/h3-4,6,9,15,21-22,26H,2,5,7-8,10-14,16-18H2,1H3,(H,27,30)/t21-,22+,25-/m1/s1. The zero-order chi connectivity index (χ0) is 21.3. The van der Waals surface area contributed by atoms with Gasteiger partial charge < -0.3 is 19.9 Å². The predicted molar refractivity (Wildman–Crippen MR) is 123 cm³/mol. The molecule has 2 aromatic rings. The van der Waals surface area contributed by atoms with Crippen LogP contribution in [0.15, 0.2) is 30.5 Å². The summed E-state index contributed by atoms with van der Waals surface area (Å²) in [5.41, 5.74) is 2.04. The Bertz CT molecular complexity index is 906. The van der Waals surface area contributed by atoms with Gasteiger partial charge >= 0.3 is 0 Å². The summed E-state index contributed by atoms with van der Waals surface area (Å²) in [6.45, 7) is 9.65. The maximum atomic E-state index is 13.7. The number of nitrogens with one attached hydrogen (secondary N) is 2. The van der Waals surface area contributed by atoms with Gasteiger partial charge in [0.1, 0.15) is 0 Å². The third-order valence-electron chi connectivity index (χ3n) is 8.10. The lowest BCUT2D eigenvalue weighted by Gasteiger charge is -2.53. The average Bonchev–Trinajstić information content (AvgIpc) is 3.30. The van der Waals surface area contributed by atoms with Gasteiger partial charge in [-0.1, -0.05) is 19.1 Å². The number of aromatic nitrogens is 1. The quantitative estimate of drug-likeness (QED) is 0.775. The van der Waals surface area contributed by atoms with Gasteiger partial charge in [-0.2, -0.15) is 0 Å². The van der Waals surface area contributed by atoms with Crippen LogP contribution < -0.4 is 5.32 Å². The lowest BCUT2D eigenvalue weighted by Crippen LogP contribution is -2.60. The number of fused-ring (bicyclic) bond motifs is 2. The summed E-state index contributed by atoms with van der Waals surface area (Å²) in [6.07, 6.45) is 6.37. The van der Waals surface area contributed by atoms with Crippen LogP contribution in [0, 0.1) is 11.3 Å². The Hall–Kier alpha value is -1.89. The molecule has 1 aromatic carbocycles. The van der Waals surface area contributed by atoms with Crippen LogP contribution in [-0.2, 0) is 16.1 Å². The van der Waals surface area contributed by atoms with Crippen molar-refractivity contribution in [2.24, 2.45) is 11.3 Å². The van der Waals surface area contributed by atoms with Gasteiger partial charge in [0.15, 0.2) is 0 Å². The third kappa shape index (κ3) is 4.13. The highest BCUT2D eigenvalue weighted by Gasteiger charge is 2.52. The molecular weight excluding hydrogens is 388 g/mol. The molecule has 6 heteroatoms. The van der Waals surface area contributed by atoms with Crippen molar-refractivity contribution in [3.05, 3.63) is 36.0 Å². The number of benzene rings is 1. The van der Waals surface area contributed by atoms with Crippen molar-refractivity contribution in [2.75, 3.05) is 45.9 Å². The van der Waals surface area contributed by atoms with Crippen LogP contribution in [0.3, 0.4) is 0 Å². The van der Waals surface area contributed by atoms with Crippen LogP contribution in [0.1, 0.15) is 38.2 Å². The van der Waals surface area contributed by atoms with E-state index in [-0.39, 0.29) is 11.3 Å². The van der Waals surface area contributed by atoms with E-state index in [2.05, 4.69) is 51.3 Å². The molecule has 1 amide bonds. The van der Waals surface area contributed by atoms with Gasteiger partial charge in [0.2, 0.25) is 5.91 Å². The van der Waals surface area contributed by atoms with E-state index in [0.29, 0.717) is 18.5 Å². The number of H-pyrrole nitrogens is 1. The maximum Gasteiger partial charge on any atom is 0.228 e. The van der Waals surface area contributed by atoms with Crippen LogP contribution in [0.4, 0.5) is 0 Å². The van der Waals surface area contributed by atoms with Crippen molar-refractivity contribution in [1.82, 2.24) is 20.1 Å². The van der Waals surface area contributed by atoms with E-state index in [1.54, 1.807) is 0 Å². The van der Waals surface area contributed by atoms with Gasteiger partial charge in [0, 0.05) is 43.9 Å². The predicted octanol–water partition coefficient (Wildman–Crippen LogP) is 3.00. The van der Waals surface area contributed by atoms with Crippen LogP contribution in [0.25, 0.3) is 10.9 Å². The molecule has 3 aliphatic rings. The minimum Gasteiger partial charge on any atom is -0.379 e. The van der Waals surface area contributed by atoms with Gasteiger partial charge in [-0.3, -0.25) is 9.69 Å². The van der Waals surface area contributed by atoms with Crippen molar-refractivity contribution in [3.8, 4) is 0 Å². The molecule has 1 aromatic heterocycles. The monoisotopic (exact) mass is 424 g/mol. The van der Waals surface area contributed by atoms with E-state index in [9.17, 15) is 4.79 Å². The Morgan fingerprint density at radius 2 is 2.10 bits per heavy atom. The van der Waals surface area contributed by atoms with Crippen LogP contribution in [0.2, 0.25) is 0 Å². The number of rotatable bonds is 5. The Kier molecular flexibility index (Phi) is 6.04. The Labute approximate surface area is 185 Å². The minimum atomic E-state index is -0.242. The fourth-order valence-corrected chi connectivity index (χ4v) is 6.20. The number of hydrogen-bond acceptors (Lipinski definition) is 4. The summed E-state index contributed by atoms with van der Waals surface area (Å²) in [5.74, 6) is 0.741. The smallest absolute Gasteiger partial charge is 0.228 e. The van der Waals surface area contributed by atoms with E-state index >= 15 is 0 Å². The minimum absolute atomic E-state index is 0.242. The molecule has 3 atom stereocenters. The Morgan fingerprint density at radius 1 is 1.23 bits per heavy atom. The second kappa shape index (κ2) is 8.93. The lowest BCUT2D eigenvalue weighted by atomic mass is 9.61. The zero-order valence-electron chi connectivity index (χ0n) is 18.7. The number of carbonyl (C=O) groups is 1. The molecule has 31 heavy (non-hydrogen) atoms. The highest BCUT2D eigenvalue weighted by Crippen LogP contribution is 2.48. The maximum absolute atomic E-state index is 13.7. The van der Waals surface area contributed by atoms with Gasteiger partial charge in [-0.25, -0.2) is 0 Å². The summed E-state index contributed by atoms with van der Waals surface area (Å²) < 4.78 is 5.56. The highest BCUT2D eigenvalue weighted by molar-refractivity contribution is 5.84. The number of nitrogens with zero attached hydrogens (tertiary/aromatic N) is 2. The number of hydrogen-bond donors (Lipinski definition) is 2. The van der Waals surface area contributed by atoms with E-state index in [1.165, 1.54) is 5.39 Å². The van der Waals surface area contributed by atoms with E-state index in [1.807, 2.05) is 6.20 Å². The molecule has 2 aliphatic heterocycles. The van der Waals surface area contributed by atoms with Crippen molar-refractivity contribution in [3.63, 3.8) is 0 Å². The lowest BCUT2D eigenvalue weighted by molar-refractivity contribution is -0.145. The van der Waals surface area contributed by atoms with Crippen molar-refractivity contribution >= 4 is 16.8 Å².